The van der Waals surface area contributed by atoms with E-state index >= 15 is 0 Å². The number of rotatable bonds is 7. The second-order valence-electron chi connectivity index (χ2n) is 7.07. The molecule has 0 saturated heterocycles. The number of para-hydroxylation sites is 2. The van der Waals surface area contributed by atoms with Gasteiger partial charge < -0.3 is 20.1 Å². The maximum atomic E-state index is 12.6. The Labute approximate surface area is 154 Å². The van der Waals surface area contributed by atoms with Crippen LogP contribution in [0.4, 0.5) is 10.5 Å². The lowest BCUT2D eigenvalue weighted by Gasteiger charge is -2.42. The van der Waals surface area contributed by atoms with Crippen LogP contribution in [0.25, 0.3) is 0 Å². The quantitative estimate of drug-likeness (QED) is 0.793. The van der Waals surface area contributed by atoms with Crippen LogP contribution in [-0.2, 0) is 6.61 Å². The van der Waals surface area contributed by atoms with Gasteiger partial charge >= 0.3 is 6.03 Å². The summed E-state index contributed by atoms with van der Waals surface area (Å²) >= 11 is 0. The molecule has 0 bridgehead atoms. The van der Waals surface area contributed by atoms with E-state index in [0.29, 0.717) is 24.6 Å². The predicted molar refractivity (Wildman–Crippen MR) is 102 cm³/mol. The molecule has 2 N–H and O–H groups in total. The van der Waals surface area contributed by atoms with Crippen molar-refractivity contribution in [3.8, 4) is 5.75 Å². The van der Waals surface area contributed by atoms with Gasteiger partial charge in [0, 0.05) is 19.0 Å². The largest absolute Gasteiger partial charge is 0.487 e. The lowest BCUT2D eigenvalue weighted by atomic mass is 9.69. The summed E-state index contributed by atoms with van der Waals surface area (Å²) in [5.41, 5.74) is 1.59. The summed E-state index contributed by atoms with van der Waals surface area (Å²) in [5.74, 6) is 0.638. The highest BCUT2D eigenvalue weighted by molar-refractivity contribution is 5.90. The molecule has 1 fully saturated rings. The average Bonchev–Trinajstić information content (AvgIpc) is 2.64. The first-order valence-corrected chi connectivity index (χ1v) is 9.01. The van der Waals surface area contributed by atoms with E-state index in [9.17, 15) is 9.90 Å². The summed E-state index contributed by atoms with van der Waals surface area (Å²) in [6.45, 7) is 1.13. The lowest BCUT2D eigenvalue weighted by molar-refractivity contribution is 0.0243. The second-order valence-corrected chi connectivity index (χ2v) is 7.07. The summed E-state index contributed by atoms with van der Waals surface area (Å²) in [5, 5.41) is 12.5. The minimum atomic E-state index is -0.194. The Hall–Kier alpha value is -2.53. The van der Waals surface area contributed by atoms with Crippen molar-refractivity contribution in [1.82, 2.24) is 4.90 Å². The average molecular weight is 354 g/mol. The van der Waals surface area contributed by atoms with E-state index < -0.39 is 0 Å². The zero-order valence-electron chi connectivity index (χ0n) is 15.1. The fourth-order valence-electron chi connectivity index (χ4n) is 3.26. The van der Waals surface area contributed by atoms with Crippen LogP contribution < -0.4 is 10.1 Å². The maximum absolute atomic E-state index is 12.6. The van der Waals surface area contributed by atoms with Gasteiger partial charge in [-0.25, -0.2) is 4.79 Å². The van der Waals surface area contributed by atoms with Gasteiger partial charge in [0.25, 0.3) is 0 Å². The minimum absolute atomic E-state index is 0.126. The van der Waals surface area contributed by atoms with E-state index in [-0.39, 0.29) is 18.1 Å². The molecular weight excluding hydrogens is 328 g/mol. The third-order valence-electron chi connectivity index (χ3n) is 5.03. The summed E-state index contributed by atoms with van der Waals surface area (Å²) in [6, 6.07) is 17.1. The Morgan fingerprint density at radius 1 is 1.15 bits per heavy atom. The summed E-state index contributed by atoms with van der Waals surface area (Å²) < 4.78 is 5.89. The van der Waals surface area contributed by atoms with E-state index in [0.717, 1.165) is 24.8 Å². The SMILES string of the molecule is CN(CC1(CO)CCC1)C(=O)Nc1ccccc1OCc1ccccc1. The van der Waals surface area contributed by atoms with Crippen LogP contribution in [0.2, 0.25) is 0 Å². The Morgan fingerprint density at radius 3 is 2.50 bits per heavy atom. The molecule has 0 unspecified atom stereocenters. The molecule has 1 saturated carbocycles. The first-order chi connectivity index (χ1) is 12.6. The lowest BCUT2D eigenvalue weighted by Crippen LogP contribution is -2.46. The smallest absolute Gasteiger partial charge is 0.321 e. The topological polar surface area (TPSA) is 61.8 Å². The molecule has 0 atom stereocenters. The Balaban J connectivity index is 1.61. The number of hydrogen-bond acceptors (Lipinski definition) is 3. The zero-order valence-corrected chi connectivity index (χ0v) is 15.1. The summed E-state index contributed by atoms with van der Waals surface area (Å²) in [6.07, 6.45) is 3.06. The van der Waals surface area contributed by atoms with Gasteiger partial charge in [-0.05, 0) is 30.5 Å². The van der Waals surface area contributed by atoms with Crippen LogP contribution >= 0.6 is 0 Å². The number of carbonyl (C=O) groups excluding carboxylic acids is 1. The molecular formula is C21H26N2O3. The van der Waals surface area contributed by atoms with E-state index in [1.165, 1.54) is 0 Å². The van der Waals surface area contributed by atoms with Crippen LogP contribution in [-0.4, -0.2) is 36.2 Å². The molecule has 138 valence electrons. The number of ether oxygens (including phenoxy) is 1. The standard InChI is InChI=1S/C21H26N2O3/c1-23(15-21(16-24)12-7-13-21)20(25)22-18-10-5-6-11-19(18)26-14-17-8-3-2-4-9-17/h2-6,8-11,24H,7,12-16H2,1H3,(H,22,25). The van der Waals surface area contributed by atoms with Gasteiger partial charge in [-0.2, -0.15) is 0 Å². The number of amides is 2. The normalized spacial score (nSPS) is 15.0. The fraction of sp³-hybridized carbons (Fsp3) is 0.381. The van der Waals surface area contributed by atoms with Crippen molar-refractivity contribution in [2.45, 2.75) is 25.9 Å². The van der Waals surface area contributed by atoms with Crippen LogP contribution in [0.5, 0.6) is 5.75 Å². The highest BCUT2D eigenvalue weighted by Crippen LogP contribution is 2.41. The number of urea groups is 1. The number of nitrogens with one attached hydrogen (secondary N) is 1. The number of carbonyl (C=O) groups is 1. The fourth-order valence-corrected chi connectivity index (χ4v) is 3.26. The van der Waals surface area contributed by atoms with Crippen molar-refractivity contribution in [2.75, 3.05) is 25.5 Å². The zero-order chi connectivity index (χ0) is 18.4. The summed E-state index contributed by atoms with van der Waals surface area (Å²) in [7, 11) is 1.76. The molecule has 5 heteroatoms. The molecule has 2 aromatic carbocycles. The van der Waals surface area contributed by atoms with Gasteiger partial charge in [-0.1, -0.05) is 48.9 Å². The van der Waals surface area contributed by atoms with Crippen LogP contribution in [0.15, 0.2) is 54.6 Å². The van der Waals surface area contributed by atoms with Gasteiger partial charge in [0.05, 0.1) is 12.3 Å². The Bertz CT molecular complexity index is 724. The van der Waals surface area contributed by atoms with Gasteiger partial charge in [0.15, 0.2) is 0 Å². The Morgan fingerprint density at radius 2 is 1.85 bits per heavy atom. The van der Waals surface area contributed by atoms with Gasteiger partial charge in [-0.15, -0.1) is 0 Å². The highest BCUT2D eigenvalue weighted by atomic mass is 16.5. The van der Waals surface area contributed by atoms with Crippen LogP contribution in [0.3, 0.4) is 0 Å². The number of anilines is 1. The van der Waals surface area contributed by atoms with Crippen molar-refractivity contribution in [2.24, 2.45) is 5.41 Å². The third-order valence-corrected chi connectivity index (χ3v) is 5.03. The highest BCUT2D eigenvalue weighted by Gasteiger charge is 2.38. The molecule has 0 heterocycles. The van der Waals surface area contributed by atoms with Crippen molar-refractivity contribution < 1.29 is 14.6 Å². The van der Waals surface area contributed by atoms with Crippen LogP contribution in [0, 0.1) is 5.41 Å². The van der Waals surface area contributed by atoms with Gasteiger partial charge in [0.1, 0.15) is 12.4 Å². The number of aliphatic hydroxyl groups is 1. The van der Waals surface area contributed by atoms with Crippen molar-refractivity contribution in [3.05, 3.63) is 60.2 Å². The third kappa shape index (κ3) is 4.35. The molecule has 26 heavy (non-hydrogen) atoms. The maximum Gasteiger partial charge on any atom is 0.321 e. The van der Waals surface area contributed by atoms with E-state index in [4.69, 9.17) is 4.74 Å². The first-order valence-electron chi connectivity index (χ1n) is 9.01. The number of aliphatic hydroxyl groups excluding tert-OH is 1. The molecule has 2 aromatic rings. The number of nitrogens with zero attached hydrogens (tertiary/aromatic N) is 1. The Kier molecular flexibility index (Phi) is 5.78. The molecule has 1 aliphatic carbocycles. The molecule has 0 radical (unpaired) electrons. The molecule has 5 nitrogen and oxygen atoms in total. The van der Waals surface area contributed by atoms with Gasteiger partial charge in [-0.3, -0.25) is 0 Å². The van der Waals surface area contributed by atoms with E-state index in [1.807, 2.05) is 54.6 Å². The van der Waals surface area contributed by atoms with Gasteiger partial charge in [0.2, 0.25) is 0 Å². The molecule has 3 rings (SSSR count). The molecule has 2 amide bonds. The van der Waals surface area contributed by atoms with Crippen molar-refractivity contribution in [1.29, 1.82) is 0 Å². The number of hydrogen-bond donors (Lipinski definition) is 2. The van der Waals surface area contributed by atoms with E-state index in [1.54, 1.807) is 11.9 Å². The molecule has 0 aliphatic heterocycles. The first kappa shape index (κ1) is 18.3. The molecule has 0 aromatic heterocycles. The van der Waals surface area contributed by atoms with Crippen LogP contribution in [0.1, 0.15) is 24.8 Å². The number of benzene rings is 2. The van der Waals surface area contributed by atoms with Crippen molar-refractivity contribution in [3.63, 3.8) is 0 Å². The minimum Gasteiger partial charge on any atom is -0.487 e. The van der Waals surface area contributed by atoms with E-state index in [2.05, 4.69) is 5.32 Å². The predicted octanol–water partition coefficient (Wildman–Crippen LogP) is 3.89. The second kappa shape index (κ2) is 8.23. The molecule has 1 aliphatic rings. The summed E-state index contributed by atoms with van der Waals surface area (Å²) in [4.78, 5) is 14.2. The van der Waals surface area contributed by atoms with Crippen molar-refractivity contribution >= 4 is 11.7 Å². The monoisotopic (exact) mass is 354 g/mol. The molecule has 0 spiro atoms.